The Bertz CT molecular complexity index is 593. The average molecular weight is 241 g/mol. The first-order valence-electron chi connectivity index (χ1n) is 5.46. The summed E-state index contributed by atoms with van der Waals surface area (Å²) in [5.41, 5.74) is 1.69. The number of esters is 1. The third kappa shape index (κ3) is 2.23. The molecule has 2 rings (SSSR count). The molecule has 5 nitrogen and oxygen atoms in total. The Morgan fingerprint density at radius 3 is 2.78 bits per heavy atom. The molecule has 0 bridgehead atoms. The third-order valence-electron chi connectivity index (χ3n) is 2.40. The molecule has 18 heavy (non-hydrogen) atoms. The maximum absolute atomic E-state index is 11.7. The van der Waals surface area contributed by atoms with Gasteiger partial charge < -0.3 is 4.74 Å². The highest BCUT2D eigenvalue weighted by Gasteiger charge is 2.13. The quantitative estimate of drug-likeness (QED) is 0.770. The van der Waals surface area contributed by atoms with Gasteiger partial charge in [0.25, 0.3) is 0 Å². The summed E-state index contributed by atoms with van der Waals surface area (Å²) in [6.45, 7) is 2.07. The zero-order valence-electron chi connectivity index (χ0n) is 9.83. The number of nitriles is 1. The van der Waals surface area contributed by atoms with Crippen LogP contribution in [0, 0.1) is 11.3 Å². The van der Waals surface area contributed by atoms with E-state index >= 15 is 0 Å². The Morgan fingerprint density at radius 1 is 1.44 bits per heavy atom. The van der Waals surface area contributed by atoms with Crippen LogP contribution in [-0.4, -0.2) is 22.1 Å². The maximum Gasteiger partial charge on any atom is 0.356 e. The van der Waals surface area contributed by atoms with Gasteiger partial charge in [-0.15, -0.1) is 0 Å². The van der Waals surface area contributed by atoms with E-state index < -0.39 is 5.97 Å². The number of benzene rings is 1. The summed E-state index contributed by atoms with van der Waals surface area (Å²) in [4.78, 5) is 15.6. The number of aromatic nitrogens is 2. The van der Waals surface area contributed by atoms with Gasteiger partial charge in [0.05, 0.1) is 30.8 Å². The highest BCUT2D eigenvalue weighted by atomic mass is 16.5. The molecule has 1 aromatic heterocycles. The second-order valence-corrected chi connectivity index (χ2v) is 3.53. The summed E-state index contributed by atoms with van der Waals surface area (Å²) in [5, 5.41) is 8.73. The Balaban J connectivity index is 2.36. The zero-order chi connectivity index (χ0) is 13.0. The number of ether oxygens (including phenoxy) is 1. The van der Waals surface area contributed by atoms with Crippen LogP contribution in [0.4, 0.5) is 0 Å². The van der Waals surface area contributed by atoms with Crippen molar-refractivity contribution in [3.8, 4) is 11.8 Å². The first-order chi connectivity index (χ1) is 8.76. The van der Waals surface area contributed by atoms with Crippen LogP contribution in [0.15, 0.2) is 36.8 Å². The van der Waals surface area contributed by atoms with Gasteiger partial charge in [0.15, 0.2) is 5.69 Å². The summed E-state index contributed by atoms with van der Waals surface area (Å²) < 4.78 is 6.57. The minimum atomic E-state index is -0.417. The third-order valence-corrected chi connectivity index (χ3v) is 2.40. The number of imidazole rings is 1. The second-order valence-electron chi connectivity index (χ2n) is 3.53. The topological polar surface area (TPSA) is 67.9 Å². The van der Waals surface area contributed by atoms with Gasteiger partial charge in [0, 0.05) is 5.69 Å². The smallest absolute Gasteiger partial charge is 0.356 e. The van der Waals surface area contributed by atoms with Gasteiger partial charge in [0.2, 0.25) is 0 Å². The molecule has 2 aromatic rings. The highest BCUT2D eigenvalue weighted by Crippen LogP contribution is 2.13. The van der Waals surface area contributed by atoms with Crippen LogP contribution in [0.3, 0.4) is 0 Å². The zero-order valence-corrected chi connectivity index (χ0v) is 9.83. The molecular formula is C13H11N3O2. The minimum Gasteiger partial charge on any atom is -0.461 e. The molecule has 90 valence electrons. The van der Waals surface area contributed by atoms with Crippen molar-refractivity contribution in [1.82, 2.24) is 9.55 Å². The Kier molecular flexibility index (Phi) is 3.39. The number of carbonyl (C=O) groups excluding carboxylic acids is 1. The predicted octanol–water partition coefficient (Wildman–Crippen LogP) is 1.92. The lowest BCUT2D eigenvalue weighted by Crippen LogP contribution is -2.10. The van der Waals surface area contributed by atoms with Gasteiger partial charge in [0.1, 0.15) is 0 Å². The summed E-state index contributed by atoms with van der Waals surface area (Å²) >= 11 is 0. The average Bonchev–Trinajstić information content (AvgIpc) is 2.88. The number of rotatable bonds is 3. The first-order valence-corrected chi connectivity index (χ1v) is 5.46. The Labute approximate surface area is 104 Å². The molecule has 1 heterocycles. The summed E-state index contributed by atoms with van der Waals surface area (Å²) in [5.74, 6) is -0.417. The molecule has 0 aliphatic rings. The molecule has 0 unspecified atom stereocenters. The van der Waals surface area contributed by atoms with E-state index in [1.165, 1.54) is 12.5 Å². The van der Waals surface area contributed by atoms with E-state index in [0.717, 1.165) is 5.69 Å². The van der Waals surface area contributed by atoms with E-state index in [0.29, 0.717) is 17.9 Å². The van der Waals surface area contributed by atoms with E-state index in [4.69, 9.17) is 10.00 Å². The normalized spacial score (nSPS) is 9.78. The van der Waals surface area contributed by atoms with Gasteiger partial charge in [-0.1, -0.05) is 0 Å². The number of carbonyl (C=O) groups is 1. The number of hydrogen-bond acceptors (Lipinski definition) is 4. The van der Waals surface area contributed by atoms with Gasteiger partial charge >= 0.3 is 5.97 Å². The largest absolute Gasteiger partial charge is 0.461 e. The molecule has 0 aliphatic carbocycles. The lowest BCUT2D eigenvalue weighted by Gasteiger charge is -2.07. The molecule has 5 heteroatoms. The molecule has 0 atom stereocenters. The van der Waals surface area contributed by atoms with Crippen LogP contribution in [-0.2, 0) is 4.74 Å². The van der Waals surface area contributed by atoms with Crippen LogP contribution in [0.2, 0.25) is 0 Å². The Morgan fingerprint density at radius 2 is 2.17 bits per heavy atom. The fraction of sp³-hybridized carbons (Fsp3) is 0.154. The highest BCUT2D eigenvalue weighted by molar-refractivity contribution is 5.88. The summed E-state index contributed by atoms with van der Waals surface area (Å²) in [6, 6.07) is 8.92. The van der Waals surface area contributed by atoms with Gasteiger partial charge in [-0.2, -0.15) is 5.26 Å². The predicted molar refractivity (Wildman–Crippen MR) is 64.2 cm³/mol. The fourth-order valence-electron chi connectivity index (χ4n) is 1.55. The fourth-order valence-corrected chi connectivity index (χ4v) is 1.55. The number of nitrogens with zero attached hydrogens (tertiary/aromatic N) is 3. The van der Waals surface area contributed by atoms with Crippen molar-refractivity contribution in [1.29, 1.82) is 5.26 Å². The van der Waals surface area contributed by atoms with E-state index in [9.17, 15) is 4.79 Å². The lowest BCUT2D eigenvalue weighted by molar-refractivity contribution is 0.0517. The van der Waals surface area contributed by atoms with Crippen molar-refractivity contribution < 1.29 is 9.53 Å². The molecule has 0 saturated carbocycles. The van der Waals surface area contributed by atoms with Gasteiger partial charge in [-0.25, -0.2) is 9.78 Å². The van der Waals surface area contributed by atoms with Crippen molar-refractivity contribution in [2.24, 2.45) is 0 Å². The van der Waals surface area contributed by atoms with Crippen molar-refractivity contribution in [3.05, 3.63) is 48.0 Å². The van der Waals surface area contributed by atoms with Gasteiger partial charge in [-0.3, -0.25) is 4.57 Å². The van der Waals surface area contributed by atoms with Crippen LogP contribution in [0.1, 0.15) is 23.0 Å². The first kappa shape index (κ1) is 11.9. The standard InChI is InChI=1S/C13H11N3O2/c1-2-18-13(17)12-8-15-9-16(12)11-5-3-10(7-14)4-6-11/h3-6,8-9H,2H2,1H3. The molecule has 0 aliphatic heterocycles. The summed E-state index contributed by atoms with van der Waals surface area (Å²) in [6.07, 6.45) is 2.99. The molecule has 1 aromatic carbocycles. The molecule has 0 fully saturated rings. The van der Waals surface area contributed by atoms with E-state index in [1.54, 1.807) is 35.8 Å². The lowest BCUT2D eigenvalue weighted by atomic mass is 10.2. The van der Waals surface area contributed by atoms with Crippen LogP contribution < -0.4 is 0 Å². The van der Waals surface area contributed by atoms with E-state index in [-0.39, 0.29) is 0 Å². The molecule has 0 N–H and O–H groups in total. The maximum atomic E-state index is 11.7. The number of hydrogen-bond donors (Lipinski definition) is 0. The van der Waals surface area contributed by atoms with Crippen molar-refractivity contribution in [2.75, 3.05) is 6.61 Å². The van der Waals surface area contributed by atoms with Crippen LogP contribution in [0.25, 0.3) is 5.69 Å². The Hall–Kier alpha value is -2.61. The minimum absolute atomic E-state index is 0.317. The van der Waals surface area contributed by atoms with Crippen LogP contribution in [0.5, 0.6) is 0 Å². The molecular weight excluding hydrogens is 230 g/mol. The molecule has 0 radical (unpaired) electrons. The SMILES string of the molecule is CCOC(=O)c1cncn1-c1ccc(C#N)cc1. The van der Waals surface area contributed by atoms with E-state index in [2.05, 4.69) is 4.98 Å². The van der Waals surface area contributed by atoms with E-state index in [1.807, 2.05) is 6.07 Å². The molecule has 0 saturated heterocycles. The van der Waals surface area contributed by atoms with Crippen molar-refractivity contribution in [3.63, 3.8) is 0 Å². The second kappa shape index (κ2) is 5.15. The van der Waals surface area contributed by atoms with Crippen molar-refractivity contribution in [2.45, 2.75) is 6.92 Å². The molecule has 0 amide bonds. The monoisotopic (exact) mass is 241 g/mol. The van der Waals surface area contributed by atoms with Crippen molar-refractivity contribution >= 4 is 5.97 Å². The van der Waals surface area contributed by atoms with Crippen LogP contribution >= 0.6 is 0 Å². The summed E-state index contributed by atoms with van der Waals surface area (Å²) in [7, 11) is 0. The molecule has 0 spiro atoms. The van der Waals surface area contributed by atoms with Gasteiger partial charge in [-0.05, 0) is 31.2 Å².